The number of likely N-dealkylation sites (N-methyl/N-ethyl adjacent to an activating group) is 1. The van der Waals surface area contributed by atoms with Gasteiger partial charge in [-0.15, -0.1) is 11.6 Å². The molecule has 1 fully saturated rings. The fourth-order valence-electron chi connectivity index (χ4n) is 4.17. The summed E-state index contributed by atoms with van der Waals surface area (Å²) >= 11 is 6.13. The zero-order valence-electron chi connectivity index (χ0n) is 11.2. The molecule has 1 saturated heterocycles. The van der Waals surface area contributed by atoms with Crippen molar-refractivity contribution in [3.05, 3.63) is 35.5 Å². The molecule has 1 aromatic heterocycles. The first-order chi connectivity index (χ1) is 9.28. The van der Waals surface area contributed by atoms with Gasteiger partial charge in [0, 0.05) is 41.5 Å². The van der Waals surface area contributed by atoms with Crippen molar-refractivity contribution >= 4 is 22.5 Å². The maximum absolute atomic E-state index is 6.13. The van der Waals surface area contributed by atoms with E-state index in [0.717, 1.165) is 12.4 Å². The summed E-state index contributed by atoms with van der Waals surface area (Å²) in [6, 6.07) is 7.34. The number of halogens is 1. The van der Waals surface area contributed by atoms with Crippen molar-refractivity contribution < 1.29 is 0 Å². The van der Waals surface area contributed by atoms with Gasteiger partial charge in [0.15, 0.2) is 0 Å². The van der Waals surface area contributed by atoms with Crippen LogP contribution in [0.15, 0.2) is 24.4 Å². The molecule has 1 aromatic carbocycles. The van der Waals surface area contributed by atoms with E-state index in [9.17, 15) is 0 Å². The number of nitrogens with one attached hydrogen (secondary N) is 1. The van der Waals surface area contributed by atoms with Crippen LogP contribution in [0.5, 0.6) is 0 Å². The quantitative estimate of drug-likeness (QED) is 0.790. The van der Waals surface area contributed by atoms with Crippen molar-refractivity contribution in [1.82, 2.24) is 9.88 Å². The molecule has 0 saturated carbocycles. The van der Waals surface area contributed by atoms with Gasteiger partial charge in [-0.05, 0) is 43.0 Å². The van der Waals surface area contributed by atoms with Gasteiger partial charge in [-0.3, -0.25) is 0 Å². The number of aromatic nitrogens is 1. The van der Waals surface area contributed by atoms with Crippen molar-refractivity contribution in [2.45, 2.75) is 24.8 Å². The van der Waals surface area contributed by atoms with Gasteiger partial charge in [0.05, 0.1) is 0 Å². The van der Waals surface area contributed by atoms with Crippen molar-refractivity contribution in [2.24, 2.45) is 5.92 Å². The molecule has 3 heteroatoms. The lowest BCUT2D eigenvalue weighted by atomic mass is 9.73. The van der Waals surface area contributed by atoms with Crippen molar-refractivity contribution in [1.29, 1.82) is 0 Å². The predicted octanol–water partition coefficient (Wildman–Crippen LogP) is 3.37. The summed E-state index contributed by atoms with van der Waals surface area (Å²) < 4.78 is 0. The summed E-state index contributed by atoms with van der Waals surface area (Å²) in [5, 5.41) is 1.48. The molecule has 4 rings (SSSR count). The Labute approximate surface area is 118 Å². The fourth-order valence-corrected chi connectivity index (χ4v) is 4.39. The second kappa shape index (κ2) is 4.26. The van der Waals surface area contributed by atoms with Crippen LogP contribution in [-0.2, 0) is 6.42 Å². The topological polar surface area (TPSA) is 19.0 Å². The lowest BCUT2D eigenvalue weighted by molar-refractivity contribution is 0.121. The number of benzene rings is 1. The van der Waals surface area contributed by atoms with Gasteiger partial charge in [0.1, 0.15) is 0 Å². The molecule has 0 spiro atoms. The number of alkyl halides is 1. The van der Waals surface area contributed by atoms with Crippen LogP contribution in [-0.4, -0.2) is 35.4 Å². The van der Waals surface area contributed by atoms with E-state index in [0.29, 0.717) is 17.9 Å². The van der Waals surface area contributed by atoms with E-state index in [4.69, 9.17) is 11.6 Å². The summed E-state index contributed by atoms with van der Waals surface area (Å²) in [5.74, 6) is 2.06. The molecule has 2 aliphatic rings. The molecule has 0 amide bonds. The number of piperidine rings is 1. The van der Waals surface area contributed by atoms with Crippen molar-refractivity contribution in [3.63, 3.8) is 0 Å². The summed E-state index contributed by atoms with van der Waals surface area (Å²) in [5.41, 5.74) is 4.32. The first-order valence-electron chi connectivity index (χ1n) is 7.13. The van der Waals surface area contributed by atoms with E-state index in [2.05, 4.69) is 41.3 Å². The summed E-state index contributed by atoms with van der Waals surface area (Å²) in [6.45, 7) is 1.14. The van der Waals surface area contributed by atoms with E-state index in [-0.39, 0.29) is 0 Å². The first-order valence-corrected chi connectivity index (χ1v) is 7.66. The number of hydrogen-bond donors (Lipinski definition) is 1. The van der Waals surface area contributed by atoms with Gasteiger partial charge in [-0.2, -0.15) is 0 Å². The van der Waals surface area contributed by atoms with E-state index in [1.165, 1.54) is 34.9 Å². The summed E-state index contributed by atoms with van der Waals surface area (Å²) in [4.78, 5) is 5.95. The van der Waals surface area contributed by atoms with Gasteiger partial charge in [0.2, 0.25) is 0 Å². The molecule has 1 aliphatic carbocycles. The maximum atomic E-state index is 6.13. The molecule has 2 heterocycles. The van der Waals surface area contributed by atoms with Gasteiger partial charge >= 0.3 is 0 Å². The second-order valence-electron chi connectivity index (χ2n) is 6.16. The standard InChI is InChI=1S/C16H19ClN2/c1-19-9-10(7-17)5-13-12-3-2-4-14-16(12)11(8-18-14)6-15(13)19/h2-4,8,10,13,15,18H,5-7,9H2,1H3/t10?,13?,15-/m1/s1. The summed E-state index contributed by atoms with van der Waals surface area (Å²) in [7, 11) is 2.26. The van der Waals surface area contributed by atoms with Crippen LogP contribution in [0.25, 0.3) is 10.9 Å². The SMILES string of the molecule is CN1CC(CCl)CC2c3cccc4[nH]cc(c34)C[C@H]21. The van der Waals surface area contributed by atoms with Crippen LogP contribution < -0.4 is 0 Å². The van der Waals surface area contributed by atoms with E-state index in [1.54, 1.807) is 0 Å². The highest BCUT2D eigenvalue weighted by molar-refractivity contribution is 6.18. The second-order valence-corrected chi connectivity index (χ2v) is 6.47. The monoisotopic (exact) mass is 274 g/mol. The van der Waals surface area contributed by atoms with Gasteiger partial charge in [0.25, 0.3) is 0 Å². The predicted molar refractivity (Wildman–Crippen MR) is 80.0 cm³/mol. The Balaban J connectivity index is 1.86. The van der Waals surface area contributed by atoms with Crippen LogP contribution in [0.1, 0.15) is 23.5 Å². The van der Waals surface area contributed by atoms with Crippen LogP contribution in [0.4, 0.5) is 0 Å². The average molecular weight is 275 g/mol. The van der Waals surface area contributed by atoms with E-state index in [1.807, 2.05) is 0 Å². The Bertz CT molecular complexity index is 618. The van der Waals surface area contributed by atoms with Crippen LogP contribution in [0.2, 0.25) is 0 Å². The maximum Gasteiger partial charge on any atom is 0.0459 e. The molecule has 2 unspecified atom stereocenters. The van der Waals surface area contributed by atoms with Crippen LogP contribution in [0.3, 0.4) is 0 Å². The largest absolute Gasteiger partial charge is 0.361 e. The number of aromatic amines is 1. The summed E-state index contributed by atoms with van der Waals surface area (Å²) in [6.07, 6.45) is 4.61. The Hall–Kier alpha value is -0.990. The smallest absolute Gasteiger partial charge is 0.0459 e. The number of fused-ring (bicyclic) bond motifs is 2. The number of nitrogens with zero attached hydrogens (tertiary/aromatic N) is 1. The lowest BCUT2D eigenvalue weighted by Crippen LogP contribution is -2.48. The van der Waals surface area contributed by atoms with Gasteiger partial charge in [-0.25, -0.2) is 0 Å². The van der Waals surface area contributed by atoms with Crippen molar-refractivity contribution in [3.8, 4) is 0 Å². The van der Waals surface area contributed by atoms with Crippen LogP contribution >= 0.6 is 11.6 Å². The average Bonchev–Trinajstić information content (AvgIpc) is 2.85. The highest BCUT2D eigenvalue weighted by Gasteiger charge is 2.38. The zero-order chi connectivity index (χ0) is 13.0. The lowest BCUT2D eigenvalue weighted by Gasteiger charge is -2.45. The first kappa shape index (κ1) is 11.8. The molecule has 3 atom stereocenters. The highest BCUT2D eigenvalue weighted by atomic mass is 35.5. The molecule has 1 aliphatic heterocycles. The molecule has 0 bridgehead atoms. The number of hydrogen-bond acceptors (Lipinski definition) is 1. The minimum absolute atomic E-state index is 0.628. The zero-order valence-corrected chi connectivity index (χ0v) is 12.0. The highest BCUT2D eigenvalue weighted by Crippen LogP contribution is 2.44. The Morgan fingerprint density at radius 1 is 1.42 bits per heavy atom. The molecular weight excluding hydrogens is 256 g/mol. The molecular formula is C16H19ClN2. The van der Waals surface area contributed by atoms with E-state index >= 15 is 0 Å². The number of rotatable bonds is 1. The Morgan fingerprint density at radius 3 is 3.16 bits per heavy atom. The Morgan fingerprint density at radius 2 is 2.32 bits per heavy atom. The van der Waals surface area contributed by atoms with Gasteiger partial charge < -0.3 is 9.88 Å². The Kier molecular flexibility index (Phi) is 2.64. The molecule has 2 nitrogen and oxygen atoms in total. The third-order valence-electron chi connectivity index (χ3n) is 5.03. The number of H-pyrrole nitrogens is 1. The fraction of sp³-hybridized carbons (Fsp3) is 0.500. The van der Waals surface area contributed by atoms with Gasteiger partial charge in [-0.1, -0.05) is 12.1 Å². The van der Waals surface area contributed by atoms with E-state index < -0.39 is 0 Å². The molecule has 0 radical (unpaired) electrons. The molecule has 19 heavy (non-hydrogen) atoms. The normalized spacial score (nSPS) is 30.5. The minimum atomic E-state index is 0.628. The third-order valence-corrected chi connectivity index (χ3v) is 5.47. The van der Waals surface area contributed by atoms with Crippen molar-refractivity contribution in [2.75, 3.05) is 19.5 Å². The minimum Gasteiger partial charge on any atom is -0.361 e. The molecule has 2 aromatic rings. The number of likely N-dealkylation sites (tertiary alicyclic amines) is 1. The third kappa shape index (κ3) is 1.66. The van der Waals surface area contributed by atoms with Crippen LogP contribution in [0, 0.1) is 5.92 Å². The molecule has 100 valence electrons. The molecule has 1 N–H and O–H groups in total.